The molecule has 0 saturated carbocycles. The predicted molar refractivity (Wildman–Crippen MR) is 101 cm³/mol. The normalized spacial score (nSPS) is 11.1. The van der Waals surface area contributed by atoms with Crippen molar-refractivity contribution in [3.63, 3.8) is 0 Å². The molecule has 0 spiro atoms. The van der Waals surface area contributed by atoms with Gasteiger partial charge in [-0.1, -0.05) is 48.5 Å². The number of amides is 1. The molecule has 2 aromatic rings. The van der Waals surface area contributed by atoms with Crippen molar-refractivity contribution in [2.45, 2.75) is 17.7 Å². The first-order chi connectivity index (χ1) is 12.9. The maximum atomic E-state index is 12.4. The molecular formula is C19H22N2O5S. The Bertz CT molecular complexity index is 854. The van der Waals surface area contributed by atoms with E-state index in [4.69, 9.17) is 5.11 Å². The van der Waals surface area contributed by atoms with Crippen LogP contribution >= 0.6 is 0 Å². The summed E-state index contributed by atoms with van der Waals surface area (Å²) >= 11 is 0. The van der Waals surface area contributed by atoms with Gasteiger partial charge in [0.2, 0.25) is 15.9 Å². The van der Waals surface area contributed by atoms with E-state index in [0.717, 1.165) is 5.56 Å². The number of carbonyl (C=O) groups excluding carboxylic acids is 1. The van der Waals surface area contributed by atoms with Crippen LogP contribution in [0.25, 0.3) is 0 Å². The zero-order valence-electron chi connectivity index (χ0n) is 14.7. The van der Waals surface area contributed by atoms with Crippen LogP contribution in [-0.2, 0) is 26.0 Å². The Morgan fingerprint density at radius 2 is 1.56 bits per heavy atom. The van der Waals surface area contributed by atoms with Crippen molar-refractivity contribution in [2.24, 2.45) is 0 Å². The number of nitrogens with zero attached hydrogens (tertiary/aromatic N) is 1. The number of sulfonamides is 1. The summed E-state index contributed by atoms with van der Waals surface area (Å²) in [5, 5.41) is 9.03. The highest BCUT2D eigenvalue weighted by Gasteiger charge is 2.18. The van der Waals surface area contributed by atoms with E-state index in [2.05, 4.69) is 4.72 Å². The quantitative estimate of drug-likeness (QED) is 0.640. The summed E-state index contributed by atoms with van der Waals surface area (Å²) in [5.41, 5.74) is 0.991. The lowest BCUT2D eigenvalue weighted by atomic mass is 10.1. The summed E-state index contributed by atoms with van der Waals surface area (Å²) in [4.78, 5) is 24.7. The Morgan fingerprint density at radius 1 is 0.963 bits per heavy atom. The van der Waals surface area contributed by atoms with Crippen molar-refractivity contribution < 1.29 is 23.1 Å². The van der Waals surface area contributed by atoms with Crippen LogP contribution in [0.2, 0.25) is 0 Å². The predicted octanol–water partition coefficient (Wildman–Crippen LogP) is 1.51. The topological polar surface area (TPSA) is 104 Å². The molecule has 27 heavy (non-hydrogen) atoms. The molecule has 0 fully saturated rings. The van der Waals surface area contributed by atoms with Crippen LogP contribution < -0.4 is 4.72 Å². The van der Waals surface area contributed by atoms with Gasteiger partial charge in [-0.05, 0) is 24.1 Å². The fourth-order valence-corrected chi connectivity index (χ4v) is 3.55. The first kappa shape index (κ1) is 20.6. The number of carboxylic acid groups (broad SMARTS) is 1. The van der Waals surface area contributed by atoms with Gasteiger partial charge in [0, 0.05) is 19.5 Å². The molecule has 0 bridgehead atoms. The molecule has 0 aromatic heterocycles. The second kappa shape index (κ2) is 9.84. The van der Waals surface area contributed by atoms with Crippen molar-refractivity contribution in [3.8, 4) is 0 Å². The van der Waals surface area contributed by atoms with Crippen LogP contribution in [0, 0.1) is 0 Å². The summed E-state index contributed by atoms with van der Waals surface area (Å²) in [6.07, 6.45) is 0.406. The van der Waals surface area contributed by atoms with E-state index < -0.39 is 28.4 Å². The number of benzene rings is 2. The van der Waals surface area contributed by atoms with Crippen LogP contribution in [0.15, 0.2) is 65.6 Å². The third kappa shape index (κ3) is 6.84. The molecule has 8 heteroatoms. The summed E-state index contributed by atoms with van der Waals surface area (Å²) in [5.74, 6) is -1.52. The molecule has 0 saturated heterocycles. The Balaban J connectivity index is 1.90. The minimum absolute atomic E-state index is 0.0997. The lowest BCUT2D eigenvalue weighted by Gasteiger charge is -2.21. The minimum atomic E-state index is -3.70. The van der Waals surface area contributed by atoms with Crippen LogP contribution in [0.3, 0.4) is 0 Å². The SMILES string of the molecule is O=C(O)CN(CCc1ccccc1)C(=O)CCNS(=O)(=O)c1ccccc1. The van der Waals surface area contributed by atoms with E-state index >= 15 is 0 Å². The van der Waals surface area contributed by atoms with Gasteiger partial charge in [0.15, 0.2) is 0 Å². The molecule has 2 rings (SSSR count). The zero-order valence-corrected chi connectivity index (χ0v) is 15.6. The van der Waals surface area contributed by atoms with Crippen molar-refractivity contribution in [1.29, 1.82) is 0 Å². The first-order valence-electron chi connectivity index (χ1n) is 8.47. The van der Waals surface area contributed by atoms with Crippen LogP contribution in [-0.4, -0.2) is 49.9 Å². The lowest BCUT2D eigenvalue weighted by Crippen LogP contribution is -2.39. The largest absolute Gasteiger partial charge is 0.480 e. The fraction of sp³-hybridized carbons (Fsp3) is 0.263. The molecule has 0 aliphatic carbocycles. The molecule has 0 unspecified atom stereocenters. The maximum absolute atomic E-state index is 12.4. The van der Waals surface area contributed by atoms with Gasteiger partial charge in [-0.15, -0.1) is 0 Å². The number of carbonyl (C=O) groups is 2. The smallest absolute Gasteiger partial charge is 0.323 e. The fourth-order valence-electron chi connectivity index (χ4n) is 2.50. The molecule has 2 N–H and O–H groups in total. The molecular weight excluding hydrogens is 368 g/mol. The van der Waals surface area contributed by atoms with Crippen LogP contribution in [0.4, 0.5) is 0 Å². The minimum Gasteiger partial charge on any atom is -0.480 e. The molecule has 144 valence electrons. The summed E-state index contributed by atoms with van der Waals surface area (Å²) in [6.45, 7) is -0.269. The van der Waals surface area contributed by atoms with E-state index in [1.807, 2.05) is 30.3 Å². The Kier molecular flexibility index (Phi) is 7.51. The number of aliphatic carboxylic acids is 1. The van der Waals surface area contributed by atoms with Gasteiger partial charge in [-0.2, -0.15) is 0 Å². The van der Waals surface area contributed by atoms with Gasteiger partial charge in [0.1, 0.15) is 6.54 Å². The van der Waals surface area contributed by atoms with Gasteiger partial charge in [0.05, 0.1) is 4.90 Å². The van der Waals surface area contributed by atoms with Crippen molar-refractivity contribution in [2.75, 3.05) is 19.6 Å². The van der Waals surface area contributed by atoms with Gasteiger partial charge in [0.25, 0.3) is 0 Å². The van der Waals surface area contributed by atoms with E-state index in [1.54, 1.807) is 18.2 Å². The van der Waals surface area contributed by atoms with E-state index in [1.165, 1.54) is 17.0 Å². The van der Waals surface area contributed by atoms with E-state index in [-0.39, 0.29) is 24.4 Å². The first-order valence-corrected chi connectivity index (χ1v) is 9.95. The highest BCUT2D eigenvalue weighted by Crippen LogP contribution is 2.07. The van der Waals surface area contributed by atoms with Crippen LogP contribution in [0.5, 0.6) is 0 Å². The zero-order chi connectivity index (χ0) is 19.7. The number of carboxylic acids is 1. The highest BCUT2D eigenvalue weighted by atomic mass is 32.2. The molecule has 0 heterocycles. The second-order valence-electron chi connectivity index (χ2n) is 5.91. The van der Waals surface area contributed by atoms with Crippen molar-refractivity contribution in [1.82, 2.24) is 9.62 Å². The summed E-state index contributed by atoms with van der Waals surface area (Å²) in [7, 11) is -3.70. The molecule has 7 nitrogen and oxygen atoms in total. The summed E-state index contributed by atoms with van der Waals surface area (Å²) in [6, 6.07) is 17.3. The van der Waals surface area contributed by atoms with Gasteiger partial charge >= 0.3 is 5.97 Å². The second-order valence-corrected chi connectivity index (χ2v) is 7.67. The standard InChI is InChI=1S/C19H22N2O5S/c22-18(11-13-20-27(25,26)17-9-5-2-6-10-17)21(15-19(23)24)14-12-16-7-3-1-4-8-16/h1-10,20H,11-15H2,(H,23,24). The number of hydrogen-bond acceptors (Lipinski definition) is 4. The number of nitrogens with one attached hydrogen (secondary N) is 1. The van der Waals surface area contributed by atoms with Crippen molar-refractivity contribution in [3.05, 3.63) is 66.2 Å². The van der Waals surface area contributed by atoms with Gasteiger partial charge in [-0.25, -0.2) is 13.1 Å². The summed E-state index contributed by atoms with van der Waals surface area (Å²) < 4.78 is 26.6. The average molecular weight is 390 g/mol. The molecule has 0 aliphatic rings. The Labute approximate surface area is 158 Å². The maximum Gasteiger partial charge on any atom is 0.323 e. The van der Waals surface area contributed by atoms with E-state index in [0.29, 0.717) is 6.42 Å². The van der Waals surface area contributed by atoms with Crippen LogP contribution in [0.1, 0.15) is 12.0 Å². The number of rotatable bonds is 10. The lowest BCUT2D eigenvalue weighted by molar-refractivity contribution is -0.144. The Morgan fingerprint density at radius 3 is 2.15 bits per heavy atom. The molecule has 0 atom stereocenters. The monoisotopic (exact) mass is 390 g/mol. The van der Waals surface area contributed by atoms with Gasteiger partial charge in [-0.3, -0.25) is 9.59 Å². The number of hydrogen-bond donors (Lipinski definition) is 2. The molecule has 1 amide bonds. The van der Waals surface area contributed by atoms with E-state index in [9.17, 15) is 18.0 Å². The molecule has 0 aliphatic heterocycles. The molecule has 0 radical (unpaired) electrons. The third-order valence-corrected chi connectivity index (χ3v) is 5.35. The van der Waals surface area contributed by atoms with Crippen molar-refractivity contribution >= 4 is 21.9 Å². The van der Waals surface area contributed by atoms with Gasteiger partial charge < -0.3 is 10.0 Å². The Hall–Kier alpha value is -2.71. The highest BCUT2D eigenvalue weighted by molar-refractivity contribution is 7.89. The average Bonchev–Trinajstić information content (AvgIpc) is 2.66. The third-order valence-electron chi connectivity index (χ3n) is 3.88. The molecule has 2 aromatic carbocycles.